The van der Waals surface area contributed by atoms with Gasteiger partial charge in [0.15, 0.2) is 0 Å². The summed E-state index contributed by atoms with van der Waals surface area (Å²) < 4.78 is 0. The van der Waals surface area contributed by atoms with Crippen molar-refractivity contribution >= 4 is 0 Å². The van der Waals surface area contributed by atoms with Gasteiger partial charge in [0.05, 0.1) is 0 Å². The van der Waals surface area contributed by atoms with E-state index in [1.54, 1.807) is 5.56 Å². The SMILES string of the molecule is CCc1ccc2c(c1)C(NC)C(C)C2C. The van der Waals surface area contributed by atoms with Gasteiger partial charge in [-0.3, -0.25) is 0 Å². The van der Waals surface area contributed by atoms with Crippen LogP contribution in [0.3, 0.4) is 0 Å². The fraction of sp³-hybridized carbons (Fsp3) is 0.571. The van der Waals surface area contributed by atoms with Gasteiger partial charge >= 0.3 is 0 Å². The summed E-state index contributed by atoms with van der Waals surface area (Å²) in [7, 11) is 2.07. The molecule has 0 heterocycles. The minimum Gasteiger partial charge on any atom is -0.313 e. The van der Waals surface area contributed by atoms with Crippen LogP contribution in [0.15, 0.2) is 18.2 Å². The van der Waals surface area contributed by atoms with Crippen molar-refractivity contribution in [3.63, 3.8) is 0 Å². The van der Waals surface area contributed by atoms with Gasteiger partial charge in [0, 0.05) is 6.04 Å². The van der Waals surface area contributed by atoms with Crippen molar-refractivity contribution in [3.05, 3.63) is 34.9 Å². The highest BCUT2D eigenvalue weighted by molar-refractivity contribution is 5.41. The summed E-state index contributed by atoms with van der Waals surface area (Å²) in [5.74, 6) is 1.39. The summed E-state index contributed by atoms with van der Waals surface area (Å²) in [6.45, 7) is 6.90. The Hall–Kier alpha value is -0.820. The van der Waals surface area contributed by atoms with E-state index in [0.717, 1.165) is 6.42 Å². The zero-order valence-electron chi connectivity index (χ0n) is 10.2. The van der Waals surface area contributed by atoms with Crippen LogP contribution in [0.2, 0.25) is 0 Å². The lowest BCUT2D eigenvalue weighted by Gasteiger charge is -2.18. The highest BCUT2D eigenvalue weighted by Gasteiger charge is 2.33. The summed E-state index contributed by atoms with van der Waals surface area (Å²) in [4.78, 5) is 0. The van der Waals surface area contributed by atoms with Crippen LogP contribution >= 0.6 is 0 Å². The molecule has 0 saturated heterocycles. The molecule has 0 spiro atoms. The number of aryl methyl sites for hydroxylation is 1. The molecular formula is C14H21N. The molecule has 15 heavy (non-hydrogen) atoms. The Morgan fingerprint density at radius 3 is 2.53 bits per heavy atom. The third-order valence-corrected chi connectivity index (χ3v) is 4.01. The van der Waals surface area contributed by atoms with Gasteiger partial charge < -0.3 is 5.32 Å². The van der Waals surface area contributed by atoms with Crippen molar-refractivity contribution in [1.82, 2.24) is 5.32 Å². The summed E-state index contributed by atoms with van der Waals surface area (Å²) in [6.07, 6.45) is 1.13. The summed E-state index contributed by atoms with van der Waals surface area (Å²) in [5, 5.41) is 3.45. The molecule has 0 radical (unpaired) electrons. The molecule has 3 atom stereocenters. The molecular weight excluding hydrogens is 182 g/mol. The third-order valence-electron chi connectivity index (χ3n) is 4.01. The molecule has 1 aromatic rings. The lowest BCUT2D eigenvalue weighted by atomic mass is 9.95. The minimum atomic E-state index is 0.543. The number of rotatable bonds is 2. The van der Waals surface area contributed by atoms with Crippen molar-refractivity contribution in [1.29, 1.82) is 0 Å². The van der Waals surface area contributed by atoms with Gasteiger partial charge in [0.2, 0.25) is 0 Å². The van der Waals surface area contributed by atoms with Crippen LogP contribution in [0.25, 0.3) is 0 Å². The van der Waals surface area contributed by atoms with Crippen molar-refractivity contribution in [2.24, 2.45) is 5.92 Å². The zero-order chi connectivity index (χ0) is 11.0. The monoisotopic (exact) mass is 203 g/mol. The van der Waals surface area contributed by atoms with Crippen molar-refractivity contribution in [2.45, 2.75) is 39.2 Å². The van der Waals surface area contributed by atoms with E-state index in [9.17, 15) is 0 Å². The van der Waals surface area contributed by atoms with E-state index in [0.29, 0.717) is 17.9 Å². The number of nitrogens with one attached hydrogen (secondary N) is 1. The molecule has 1 aliphatic carbocycles. The molecule has 1 aromatic carbocycles. The average Bonchev–Trinajstić information content (AvgIpc) is 2.51. The third kappa shape index (κ3) is 1.59. The zero-order valence-corrected chi connectivity index (χ0v) is 10.2. The molecule has 0 amide bonds. The Balaban J connectivity index is 2.46. The van der Waals surface area contributed by atoms with Crippen LogP contribution in [-0.4, -0.2) is 7.05 Å². The van der Waals surface area contributed by atoms with Gasteiger partial charge in [-0.25, -0.2) is 0 Å². The predicted octanol–water partition coefficient (Wildman–Crippen LogP) is 3.26. The first-order chi connectivity index (χ1) is 7.19. The van der Waals surface area contributed by atoms with Crippen LogP contribution in [-0.2, 0) is 6.42 Å². The normalized spacial score (nSPS) is 29.2. The highest BCUT2D eigenvalue weighted by Crippen LogP contribution is 2.44. The predicted molar refractivity (Wildman–Crippen MR) is 65.2 cm³/mol. The van der Waals surface area contributed by atoms with Crippen LogP contribution < -0.4 is 5.32 Å². The van der Waals surface area contributed by atoms with Crippen LogP contribution in [0.1, 0.15) is 49.4 Å². The van der Waals surface area contributed by atoms with Gasteiger partial charge in [0.1, 0.15) is 0 Å². The molecule has 0 bridgehead atoms. The molecule has 0 aromatic heterocycles. The molecule has 82 valence electrons. The molecule has 0 aliphatic heterocycles. The van der Waals surface area contributed by atoms with Gasteiger partial charge in [-0.1, -0.05) is 39.0 Å². The lowest BCUT2D eigenvalue weighted by Crippen LogP contribution is -2.20. The largest absolute Gasteiger partial charge is 0.313 e. The second kappa shape index (κ2) is 3.97. The van der Waals surface area contributed by atoms with Crippen LogP contribution in [0.4, 0.5) is 0 Å². The molecule has 3 unspecified atom stereocenters. The fourth-order valence-electron chi connectivity index (χ4n) is 2.80. The fourth-order valence-corrected chi connectivity index (χ4v) is 2.80. The van der Waals surface area contributed by atoms with Crippen LogP contribution in [0, 0.1) is 5.92 Å². The number of hydrogen-bond acceptors (Lipinski definition) is 1. The standard InChI is InChI=1S/C14H21N/c1-5-11-6-7-12-9(2)10(3)14(15-4)13(12)8-11/h6-10,14-15H,5H2,1-4H3. The summed E-state index contributed by atoms with van der Waals surface area (Å²) in [5.41, 5.74) is 4.52. The Morgan fingerprint density at radius 2 is 1.93 bits per heavy atom. The van der Waals surface area contributed by atoms with Gasteiger partial charge in [0.25, 0.3) is 0 Å². The van der Waals surface area contributed by atoms with E-state index in [-0.39, 0.29) is 0 Å². The smallest absolute Gasteiger partial charge is 0.0352 e. The first-order valence-electron chi connectivity index (χ1n) is 5.99. The second-order valence-corrected chi connectivity index (χ2v) is 4.73. The van der Waals surface area contributed by atoms with E-state index in [2.05, 4.69) is 51.3 Å². The number of fused-ring (bicyclic) bond motifs is 1. The Morgan fingerprint density at radius 1 is 1.20 bits per heavy atom. The van der Waals surface area contributed by atoms with E-state index in [1.807, 2.05) is 0 Å². The topological polar surface area (TPSA) is 12.0 Å². The molecule has 1 aliphatic rings. The maximum atomic E-state index is 3.45. The number of benzene rings is 1. The summed E-state index contributed by atoms with van der Waals surface area (Å²) >= 11 is 0. The maximum Gasteiger partial charge on any atom is 0.0352 e. The molecule has 1 heteroatoms. The molecule has 0 fully saturated rings. The molecule has 1 N–H and O–H groups in total. The second-order valence-electron chi connectivity index (χ2n) is 4.73. The lowest BCUT2D eigenvalue weighted by molar-refractivity contribution is 0.402. The van der Waals surface area contributed by atoms with Crippen molar-refractivity contribution in [3.8, 4) is 0 Å². The van der Waals surface area contributed by atoms with Crippen molar-refractivity contribution in [2.75, 3.05) is 7.05 Å². The van der Waals surface area contributed by atoms with E-state index < -0.39 is 0 Å². The average molecular weight is 203 g/mol. The minimum absolute atomic E-state index is 0.543. The van der Waals surface area contributed by atoms with E-state index in [1.165, 1.54) is 11.1 Å². The first kappa shape index (κ1) is 10.7. The molecule has 1 nitrogen and oxygen atoms in total. The highest BCUT2D eigenvalue weighted by atomic mass is 14.9. The van der Waals surface area contributed by atoms with Gasteiger partial charge in [-0.05, 0) is 42.0 Å². The van der Waals surface area contributed by atoms with Gasteiger partial charge in [-0.15, -0.1) is 0 Å². The first-order valence-corrected chi connectivity index (χ1v) is 5.99. The number of hydrogen-bond donors (Lipinski definition) is 1. The molecule has 0 saturated carbocycles. The maximum absolute atomic E-state index is 3.45. The van der Waals surface area contributed by atoms with E-state index >= 15 is 0 Å². The Kier molecular flexibility index (Phi) is 2.83. The van der Waals surface area contributed by atoms with Gasteiger partial charge in [-0.2, -0.15) is 0 Å². The van der Waals surface area contributed by atoms with E-state index in [4.69, 9.17) is 0 Å². The Labute approximate surface area is 92.9 Å². The Bertz CT molecular complexity index is 356. The van der Waals surface area contributed by atoms with Crippen molar-refractivity contribution < 1.29 is 0 Å². The quantitative estimate of drug-likeness (QED) is 0.778. The van der Waals surface area contributed by atoms with Crippen LogP contribution in [0.5, 0.6) is 0 Å². The summed E-state index contributed by atoms with van der Waals surface area (Å²) in [6, 6.07) is 7.53. The molecule has 2 rings (SSSR count).